The van der Waals surface area contributed by atoms with Crippen molar-refractivity contribution in [3.05, 3.63) is 84.2 Å². The monoisotopic (exact) mass is 915 g/mol. The summed E-state index contributed by atoms with van der Waals surface area (Å²) in [5.74, 6) is 2.34. The maximum absolute atomic E-state index is 14.2. The number of hydrogen-bond acceptors (Lipinski definition) is 8. The second-order valence-electron chi connectivity index (χ2n) is 20.3. The molecule has 9 unspecified atom stereocenters. The van der Waals surface area contributed by atoms with Gasteiger partial charge in [0.15, 0.2) is 0 Å². The number of carbonyl (C=O) groups excluding carboxylic acids is 4. The molecule has 4 aromatic rings. The summed E-state index contributed by atoms with van der Waals surface area (Å²) in [6.07, 6.45) is 12.8. The number of amides is 4. The number of nitrogens with zero attached hydrogens (tertiary/aromatic N) is 4. The number of H-pyrrole nitrogens is 2. The maximum Gasteiger partial charge on any atom is 0.407 e. The summed E-state index contributed by atoms with van der Waals surface area (Å²) in [5.41, 5.74) is 9.30. The number of aromatic amines is 2. The van der Waals surface area contributed by atoms with E-state index in [1.54, 1.807) is 0 Å². The summed E-state index contributed by atoms with van der Waals surface area (Å²) in [7, 11) is 1.31. The number of alkyl carbamates (subject to hydrolysis) is 2. The predicted molar refractivity (Wildman–Crippen MR) is 259 cm³/mol. The minimum Gasteiger partial charge on any atom is -0.453 e. The highest BCUT2D eigenvalue weighted by atomic mass is 16.5. The molecule has 0 spiro atoms. The van der Waals surface area contributed by atoms with Crippen LogP contribution in [-0.2, 0) is 19.1 Å². The summed E-state index contributed by atoms with van der Waals surface area (Å²) < 4.78 is 10.3. The van der Waals surface area contributed by atoms with Crippen molar-refractivity contribution in [3.8, 4) is 33.6 Å². The van der Waals surface area contributed by atoms with Crippen molar-refractivity contribution in [3.63, 3.8) is 0 Å². The van der Waals surface area contributed by atoms with Crippen LogP contribution in [0.15, 0.2) is 61.4 Å². The fourth-order valence-electron chi connectivity index (χ4n) is 11.3. The van der Waals surface area contributed by atoms with Gasteiger partial charge in [-0.15, -0.1) is 6.58 Å². The first-order chi connectivity index (χ1) is 32.2. The van der Waals surface area contributed by atoms with Crippen molar-refractivity contribution >= 4 is 24.0 Å². The Morgan fingerprint density at radius 3 is 1.78 bits per heavy atom. The number of carbonyl (C=O) groups is 4. The molecule has 2 bridgehead atoms. The molecule has 2 saturated heterocycles. The summed E-state index contributed by atoms with van der Waals surface area (Å²) in [4.78, 5) is 74.0. The number of ether oxygens (including phenoxy) is 2. The zero-order chi connectivity index (χ0) is 47.7. The van der Waals surface area contributed by atoms with E-state index in [1.807, 2.05) is 56.0 Å². The van der Waals surface area contributed by atoms with Crippen LogP contribution in [0.1, 0.15) is 153 Å². The lowest BCUT2D eigenvalue weighted by molar-refractivity contribution is -0.138. The average Bonchev–Trinajstić information content (AvgIpc) is 4.19. The molecular formula is C53H70N8O6. The lowest BCUT2D eigenvalue weighted by Crippen LogP contribution is -2.52. The Morgan fingerprint density at radius 1 is 0.716 bits per heavy atom. The molecule has 358 valence electrons. The van der Waals surface area contributed by atoms with Crippen molar-refractivity contribution in [2.24, 2.45) is 17.8 Å². The molecule has 4 aliphatic rings. The van der Waals surface area contributed by atoms with Gasteiger partial charge in [0.1, 0.15) is 23.7 Å². The molecule has 67 heavy (non-hydrogen) atoms. The van der Waals surface area contributed by atoms with E-state index in [2.05, 4.69) is 84.3 Å². The molecule has 2 aliphatic heterocycles. The number of hydrogen-bond donors (Lipinski definition) is 4. The van der Waals surface area contributed by atoms with Gasteiger partial charge >= 0.3 is 12.2 Å². The SMILES string of the molecule is C=CCC(C)CCOC(=O)NC(C(=O)N1C(C)CCC1c1ncc(-c2ccc(-c3ccc(-c4cnc(C5CCC(C)N5C(=O)C(NC(=O)OC)C(C)C)[nH]4)c4c3C3CCC4C3)cc2)[nH]1)C(C)C. The molecule has 4 amide bonds. The Hall–Kier alpha value is -5.92. The van der Waals surface area contributed by atoms with Crippen molar-refractivity contribution in [1.29, 1.82) is 0 Å². The molecule has 14 nitrogen and oxygen atoms in total. The molecule has 8 rings (SSSR count). The Morgan fingerprint density at radius 2 is 1.22 bits per heavy atom. The first kappa shape index (κ1) is 47.6. The topological polar surface area (TPSA) is 175 Å². The lowest BCUT2D eigenvalue weighted by atomic mass is 9.82. The third-order valence-electron chi connectivity index (χ3n) is 15.0. The van der Waals surface area contributed by atoms with Gasteiger partial charge in [-0.3, -0.25) is 9.59 Å². The number of aromatic nitrogens is 4. The first-order valence-electron chi connectivity index (χ1n) is 24.6. The molecule has 0 radical (unpaired) electrons. The highest BCUT2D eigenvalue weighted by Gasteiger charge is 2.44. The smallest absolute Gasteiger partial charge is 0.407 e. The predicted octanol–water partition coefficient (Wildman–Crippen LogP) is 10.3. The molecule has 1 saturated carbocycles. The van der Waals surface area contributed by atoms with E-state index >= 15 is 0 Å². The summed E-state index contributed by atoms with van der Waals surface area (Å²) in [5, 5.41) is 5.64. The van der Waals surface area contributed by atoms with Crippen LogP contribution >= 0.6 is 0 Å². The van der Waals surface area contributed by atoms with Gasteiger partial charge in [-0.2, -0.15) is 0 Å². The van der Waals surface area contributed by atoms with Gasteiger partial charge in [0.2, 0.25) is 11.8 Å². The Kier molecular flexibility index (Phi) is 14.3. The highest BCUT2D eigenvalue weighted by Crippen LogP contribution is 2.58. The van der Waals surface area contributed by atoms with E-state index in [0.717, 1.165) is 79.1 Å². The van der Waals surface area contributed by atoms with Gasteiger partial charge in [-0.1, -0.05) is 77.1 Å². The Balaban J connectivity index is 0.982. The largest absolute Gasteiger partial charge is 0.453 e. The molecule has 2 aliphatic carbocycles. The van der Waals surface area contributed by atoms with Crippen LogP contribution in [0.2, 0.25) is 0 Å². The Bertz CT molecular complexity index is 2440. The van der Waals surface area contributed by atoms with Crippen molar-refractivity contribution in [2.75, 3.05) is 13.7 Å². The molecule has 9 atom stereocenters. The van der Waals surface area contributed by atoms with Crippen LogP contribution in [0.25, 0.3) is 33.6 Å². The normalized spacial score (nSPS) is 23.3. The van der Waals surface area contributed by atoms with Crippen LogP contribution < -0.4 is 10.6 Å². The third-order valence-corrected chi connectivity index (χ3v) is 15.0. The van der Waals surface area contributed by atoms with Gasteiger partial charge < -0.3 is 39.9 Å². The lowest BCUT2D eigenvalue weighted by Gasteiger charge is -2.33. The summed E-state index contributed by atoms with van der Waals surface area (Å²) in [6, 6.07) is 11.3. The van der Waals surface area contributed by atoms with Gasteiger partial charge in [0.25, 0.3) is 0 Å². The summed E-state index contributed by atoms with van der Waals surface area (Å²) >= 11 is 0. The minimum atomic E-state index is -0.725. The second-order valence-corrected chi connectivity index (χ2v) is 20.3. The van der Waals surface area contributed by atoms with E-state index in [1.165, 1.54) is 42.2 Å². The molecule has 3 fully saturated rings. The molecular weight excluding hydrogens is 845 g/mol. The van der Waals surface area contributed by atoms with Crippen LogP contribution in [0.4, 0.5) is 9.59 Å². The second kappa shape index (κ2) is 20.1. The molecule has 14 heteroatoms. The van der Waals surface area contributed by atoms with Gasteiger partial charge in [-0.05, 0) is 129 Å². The fourth-order valence-corrected chi connectivity index (χ4v) is 11.3. The van der Waals surface area contributed by atoms with Crippen molar-refractivity contribution in [2.45, 2.75) is 154 Å². The number of benzene rings is 2. The van der Waals surface area contributed by atoms with Gasteiger partial charge in [-0.25, -0.2) is 19.6 Å². The third kappa shape index (κ3) is 9.63. The fraction of sp³-hybridized carbons (Fsp3) is 0.547. The zero-order valence-electron chi connectivity index (χ0n) is 40.6. The van der Waals surface area contributed by atoms with Gasteiger partial charge in [0, 0.05) is 17.6 Å². The Labute approximate surface area is 395 Å². The quantitative estimate of drug-likeness (QED) is 0.0804. The van der Waals surface area contributed by atoms with E-state index in [9.17, 15) is 19.2 Å². The number of likely N-dealkylation sites (tertiary alicyclic amines) is 2. The average molecular weight is 915 g/mol. The van der Waals surface area contributed by atoms with E-state index in [-0.39, 0.29) is 54.4 Å². The van der Waals surface area contributed by atoms with Gasteiger partial charge in [0.05, 0.1) is 49.6 Å². The van der Waals surface area contributed by atoms with E-state index in [4.69, 9.17) is 19.4 Å². The van der Waals surface area contributed by atoms with Crippen LogP contribution in [0.5, 0.6) is 0 Å². The highest BCUT2D eigenvalue weighted by molar-refractivity contribution is 5.88. The number of methoxy groups -OCH3 is 1. The molecule has 4 N–H and O–H groups in total. The van der Waals surface area contributed by atoms with Crippen LogP contribution in [0, 0.1) is 17.8 Å². The number of allylic oxidation sites excluding steroid dienone is 1. The number of imidazole rings is 2. The van der Waals surface area contributed by atoms with Crippen LogP contribution in [-0.4, -0.2) is 91.6 Å². The molecule has 4 heterocycles. The first-order valence-corrected chi connectivity index (χ1v) is 24.6. The minimum absolute atomic E-state index is 0.00214. The van der Waals surface area contributed by atoms with E-state index < -0.39 is 24.3 Å². The molecule has 2 aromatic carbocycles. The number of rotatable bonds is 16. The molecule has 2 aromatic heterocycles. The number of nitrogens with one attached hydrogen (secondary N) is 4. The summed E-state index contributed by atoms with van der Waals surface area (Å²) in [6.45, 7) is 18.0. The van der Waals surface area contributed by atoms with Crippen molar-refractivity contribution in [1.82, 2.24) is 40.4 Å². The van der Waals surface area contributed by atoms with Crippen LogP contribution in [0.3, 0.4) is 0 Å². The van der Waals surface area contributed by atoms with E-state index in [0.29, 0.717) is 17.8 Å². The zero-order valence-corrected chi connectivity index (χ0v) is 40.6. The maximum atomic E-state index is 14.2. The standard InChI is InChI=1S/C53H70N8O6/c1-10-11-31(6)24-25-67-53(65)59-47(30(4)5)51(63)60-32(7)12-22-42(60)48-54-27-40(56-48)35-16-14-34(15-17-35)38-20-21-39(45-37-19-18-36(26-37)44(38)45)41-28-55-49(57-41)43-23-13-33(8)61(43)50(62)46(29(2)3)58-52(64)66-9/h10,14-17,20-21,27-33,36-37,42-43,46-47H,1,11-13,18-19,22-26H2,2-9H3,(H,54,56)(H,55,57)(H,58,64)(H,59,65). The van der Waals surface area contributed by atoms with Crippen molar-refractivity contribution < 1.29 is 28.7 Å². The number of fused-ring (bicyclic) bond motifs is 5.